The first-order valence-electron chi connectivity index (χ1n) is 7.26. The molecule has 3 rings (SSSR count). The van der Waals surface area contributed by atoms with Gasteiger partial charge in [0.25, 0.3) is 0 Å². The van der Waals surface area contributed by atoms with E-state index in [1.807, 2.05) is 12.1 Å². The van der Waals surface area contributed by atoms with Crippen LogP contribution in [-0.4, -0.2) is 26.3 Å². The van der Waals surface area contributed by atoms with Crippen LogP contribution in [0.1, 0.15) is 40.7 Å². The zero-order valence-electron chi connectivity index (χ0n) is 11.9. The molecule has 0 radical (unpaired) electrons. The molecule has 1 heterocycles. The van der Waals surface area contributed by atoms with E-state index in [0.717, 1.165) is 44.8 Å². The monoisotopic (exact) mass is 272 g/mol. The highest BCUT2D eigenvalue weighted by Gasteiger charge is 2.21. The van der Waals surface area contributed by atoms with Crippen LogP contribution in [0.4, 0.5) is 0 Å². The van der Waals surface area contributed by atoms with Gasteiger partial charge < -0.3 is 9.47 Å². The molecule has 1 aliphatic carbocycles. The summed E-state index contributed by atoms with van der Waals surface area (Å²) in [6.45, 7) is 1.79. The second-order valence-corrected chi connectivity index (χ2v) is 5.56. The molecule has 1 fully saturated rings. The summed E-state index contributed by atoms with van der Waals surface area (Å²) in [6, 6.07) is 5.90. The smallest absolute Gasteiger partial charge is 0.337 e. The highest BCUT2D eigenvalue weighted by atomic mass is 16.5. The van der Waals surface area contributed by atoms with Gasteiger partial charge in [0.1, 0.15) is 0 Å². The first-order valence-corrected chi connectivity index (χ1v) is 7.26. The van der Waals surface area contributed by atoms with Gasteiger partial charge in [0, 0.05) is 13.2 Å². The fourth-order valence-corrected chi connectivity index (χ4v) is 3.12. The molecule has 1 aromatic carbocycles. The number of rotatable bonds is 3. The van der Waals surface area contributed by atoms with Crippen LogP contribution in [0.15, 0.2) is 24.3 Å². The van der Waals surface area contributed by atoms with E-state index in [1.165, 1.54) is 23.8 Å². The number of hydrogen-bond donors (Lipinski definition) is 0. The van der Waals surface area contributed by atoms with Crippen LogP contribution >= 0.6 is 0 Å². The van der Waals surface area contributed by atoms with Crippen molar-refractivity contribution < 1.29 is 14.3 Å². The third-order valence-electron chi connectivity index (χ3n) is 4.29. The SMILES string of the molecule is COC(=O)c1ccc2c(c1)CC=C2CC1CCOCC1. The lowest BCUT2D eigenvalue weighted by Crippen LogP contribution is -2.15. The molecule has 0 N–H and O–H groups in total. The Hall–Kier alpha value is -1.61. The van der Waals surface area contributed by atoms with E-state index in [-0.39, 0.29) is 5.97 Å². The molecule has 3 nitrogen and oxygen atoms in total. The van der Waals surface area contributed by atoms with E-state index in [0.29, 0.717) is 5.56 Å². The molecule has 20 heavy (non-hydrogen) atoms. The highest BCUT2D eigenvalue weighted by molar-refractivity contribution is 5.90. The van der Waals surface area contributed by atoms with Crippen molar-refractivity contribution in [3.05, 3.63) is 41.0 Å². The molecule has 2 aliphatic rings. The maximum Gasteiger partial charge on any atom is 0.337 e. The molecule has 1 aliphatic heterocycles. The summed E-state index contributed by atoms with van der Waals surface area (Å²) in [7, 11) is 1.42. The zero-order chi connectivity index (χ0) is 13.9. The van der Waals surface area contributed by atoms with Gasteiger partial charge in [0.2, 0.25) is 0 Å². The van der Waals surface area contributed by atoms with Crippen LogP contribution in [-0.2, 0) is 15.9 Å². The number of ether oxygens (including phenoxy) is 2. The van der Waals surface area contributed by atoms with E-state index >= 15 is 0 Å². The maximum absolute atomic E-state index is 11.6. The molecule has 0 saturated carbocycles. The van der Waals surface area contributed by atoms with Gasteiger partial charge in [-0.1, -0.05) is 12.1 Å². The molecule has 0 spiro atoms. The van der Waals surface area contributed by atoms with Crippen molar-refractivity contribution in [1.29, 1.82) is 0 Å². The maximum atomic E-state index is 11.6. The van der Waals surface area contributed by atoms with Gasteiger partial charge >= 0.3 is 5.97 Å². The lowest BCUT2D eigenvalue weighted by atomic mass is 9.90. The first kappa shape index (κ1) is 13.4. The van der Waals surface area contributed by atoms with E-state index < -0.39 is 0 Å². The molecule has 106 valence electrons. The Balaban J connectivity index is 1.74. The molecular weight excluding hydrogens is 252 g/mol. The number of esters is 1. The van der Waals surface area contributed by atoms with Crippen molar-refractivity contribution in [3.63, 3.8) is 0 Å². The Labute approximate surface area is 119 Å². The van der Waals surface area contributed by atoms with Crippen molar-refractivity contribution >= 4 is 11.5 Å². The van der Waals surface area contributed by atoms with Crippen molar-refractivity contribution in [2.45, 2.75) is 25.7 Å². The molecule has 0 bridgehead atoms. The summed E-state index contributed by atoms with van der Waals surface area (Å²) < 4.78 is 10.2. The van der Waals surface area contributed by atoms with E-state index in [1.54, 1.807) is 0 Å². The third kappa shape index (κ3) is 2.63. The Morgan fingerprint density at radius 3 is 2.90 bits per heavy atom. The summed E-state index contributed by atoms with van der Waals surface area (Å²) in [5, 5.41) is 0. The Kier molecular flexibility index (Phi) is 3.88. The second-order valence-electron chi connectivity index (χ2n) is 5.56. The minimum Gasteiger partial charge on any atom is -0.465 e. The molecule has 1 aromatic rings. The predicted octanol–water partition coefficient (Wildman–Crippen LogP) is 3.23. The third-order valence-corrected chi connectivity index (χ3v) is 4.29. The number of carbonyl (C=O) groups is 1. The first-order chi connectivity index (χ1) is 9.78. The van der Waals surface area contributed by atoms with Crippen LogP contribution in [0.5, 0.6) is 0 Å². The van der Waals surface area contributed by atoms with Crippen LogP contribution in [0, 0.1) is 5.92 Å². The van der Waals surface area contributed by atoms with E-state index in [2.05, 4.69) is 12.1 Å². The average molecular weight is 272 g/mol. The number of fused-ring (bicyclic) bond motifs is 1. The van der Waals surface area contributed by atoms with Crippen molar-refractivity contribution in [2.24, 2.45) is 5.92 Å². The van der Waals surface area contributed by atoms with Gasteiger partial charge in [-0.2, -0.15) is 0 Å². The minimum atomic E-state index is -0.259. The van der Waals surface area contributed by atoms with Gasteiger partial charge in [-0.15, -0.1) is 0 Å². The van der Waals surface area contributed by atoms with E-state index in [9.17, 15) is 4.79 Å². The molecule has 1 saturated heterocycles. The van der Waals surface area contributed by atoms with Crippen LogP contribution in [0.2, 0.25) is 0 Å². The molecule has 3 heteroatoms. The largest absolute Gasteiger partial charge is 0.465 e. The van der Waals surface area contributed by atoms with E-state index in [4.69, 9.17) is 9.47 Å². The van der Waals surface area contributed by atoms with Crippen LogP contribution in [0.3, 0.4) is 0 Å². The Bertz CT molecular complexity index is 539. The fourth-order valence-electron chi connectivity index (χ4n) is 3.12. The quantitative estimate of drug-likeness (QED) is 0.792. The van der Waals surface area contributed by atoms with Crippen molar-refractivity contribution in [2.75, 3.05) is 20.3 Å². The average Bonchev–Trinajstić information content (AvgIpc) is 2.90. The molecule has 0 amide bonds. The zero-order valence-corrected chi connectivity index (χ0v) is 11.9. The van der Waals surface area contributed by atoms with Gasteiger partial charge in [0.05, 0.1) is 12.7 Å². The highest BCUT2D eigenvalue weighted by Crippen LogP contribution is 2.35. The van der Waals surface area contributed by atoms with Gasteiger partial charge in [-0.05, 0) is 60.4 Å². The number of allylic oxidation sites excluding steroid dienone is 2. The van der Waals surface area contributed by atoms with Crippen molar-refractivity contribution in [1.82, 2.24) is 0 Å². The summed E-state index contributed by atoms with van der Waals surface area (Å²) >= 11 is 0. The summed E-state index contributed by atoms with van der Waals surface area (Å²) in [6.07, 6.45) is 6.69. The summed E-state index contributed by atoms with van der Waals surface area (Å²) in [5.74, 6) is 0.479. The Morgan fingerprint density at radius 2 is 2.15 bits per heavy atom. The second kappa shape index (κ2) is 5.80. The van der Waals surface area contributed by atoms with Crippen LogP contribution < -0.4 is 0 Å². The lowest BCUT2D eigenvalue weighted by Gasteiger charge is -2.22. The molecule has 0 aromatic heterocycles. The molecule has 0 atom stereocenters. The predicted molar refractivity (Wildman–Crippen MR) is 77.6 cm³/mol. The lowest BCUT2D eigenvalue weighted by molar-refractivity contribution is 0.0600. The van der Waals surface area contributed by atoms with Gasteiger partial charge in [-0.3, -0.25) is 0 Å². The van der Waals surface area contributed by atoms with Crippen LogP contribution in [0.25, 0.3) is 5.57 Å². The minimum absolute atomic E-state index is 0.259. The number of benzene rings is 1. The fraction of sp³-hybridized carbons (Fsp3) is 0.471. The summed E-state index contributed by atoms with van der Waals surface area (Å²) in [4.78, 5) is 11.6. The number of hydrogen-bond acceptors (Lipinski definition) is 3. The van der Waals surface area contributed by atoms with Gasteiger partial charge in [-0.25, -0.2) is 4.79 Å². The number of carbonyl (C=O) groups excluding carboxylic acids is 1. The normalized spacial score (nSPS) is 18.6. The molecular formula is C17H20O3. The van der Waals surface area contributed by atoms with Gasteiger partial charge in [0.15, 0.2) is 0 Å². The standard InChI is InChI=1S/C17H20O3/c1-19-17(18)15-4-5-16-13(2-3-14(16)11-15)10-12-6-8-20-9-7-12/h2,4-5,11-12H,3,6-10H2,1H3. The van der Waals surface area contributed by atoms with Crippen molar-refractivity contribution in [3.8, 4) is 0 Å². The topological polar surface area (TPSA) is 35.5 Å². The Morgan fingerprint density at radius 1 is 1.35 bits per heavy atom. The molecule has 0 unspecified atom stereocenters. The summed E-state index contributed by atoms with van der Waals surface area (Å²) in [5.41, 5.74) is 4.63. The number of methoxy groups -OCH3 is 1.